The van der Waals surface area contributed by atoms with E-state index in [0.29, 0.717) is 6.42 Å². The Morgan fingerprint density at radius 3 is 2.50 bits per heavy atom. The molecule has 2 aromatic rings. The second kappa shape index (κ2) is 8.49. The van der Waals surface area contributed by atoms with Crippen molar-refractivity contribution in [1.29, 1.82) is 0 Å². The van der Waals surface area contributed by atoms with Crippen molar-refractivity contribution in [3.05, 3.63) is 53.3 Å². The molecule has 7 heteroatoms. The summed E-state index contributed by atoms with van der Waals surface area (Å²) in [7, 11) is 4.23. The van der Waals surface area contributed by atoms with Gasteiger partial charge < -0.3 is 16.8 Å². The van der Waals surface area contributed by atoms with Crippen molar-refractivity contribution in [1.82, 2.24) is 5.32 Å². The van der Waals surface area contributed by atoms with E-state index in [1.54, 1.807) is 7.05 Å². The van der Waals surface area contributed by atoms with E-state index in [4.69, 9.17) is 11.5 Å². The number of halogens is 3. The number of nitrogens with two attached hydrogens (primary N) is 2. The van der Waals surface area contributed by atoms with Gasteiger partial charge in [0.2, 0.25) is 0 Å². The number of nitrogens with one attached hydrogen (secondary N) is 1. The lowest BCUT2D eigenvalue weighted by molar-refractivity contribution is -0.0260. The van der Waals surface area contributed by atoms with Gasteiger partial charge in [-0.2, -0.15) is 0 Å². The quantitative estimate of drug-likeness (QED) is 0.643. The second-order valence-corrected chi connectivity index (χ2v) is 7.06. The summed E-state index contributed by atoms with van der Waals surface area (Å²) < 4.78 is 41.5. The highest BCUT2D eigenvalue weighted by molar-refractivity contribution is 7.28. The molecule has 0 aliphatic heterocycles. The van der Waals surface area contributed by atoms with Gasteiger partial charge in [-0.15, -0.1) is 9.24 Å². The molecule has 0 saturated carbocycles. The highest BCUT2D eigenvalue weighted by Gasteiger charge is 2.40. The Balaban J connectivity index is 2.36. The summed E-state index contributed by atoms with van der Waals surface area (Å²) in [6.07, 6.45) is 0.300. The van der Waals surface area contributed by atoms with Gasteiger partial charge >= 0.3 is 0 Å². The average Bonchev–Trinajstić information content (AvgIpc) is 2.59. The van der Waals surface area contributed by atoms with E-state index < -0.39 is 24.6 Å². The summed E-state index contributed by atoms with van der Waals surface area (Å²) in [5, 5.41) is 3.70. The summed E-state index contributed by atoms with van der Waals surface area (Å²) in [6, 6.07) is 8.31. The molecule has 26 heavy (non-hydrogen) atoms. The monoisotopic (exact) mass is 383 g/mol. The number of hydrogen-bond donors (Lipinski definition) is 3. The van der Waals surface area contributed by atoms with Crippen LogP contribution < -0.4 is 22.1 Å². The number of hydrogen-bond acceptors (Lipinski definition) is 3. The van der Waals surface area contributed by atoms with Gasteiger partial charge in [0.05, 0.1) is 12.6 Å². The van der Waals surface area contributed by atoms with Gasteiger partial charge in [0.1, 0.15) is 5.82 Å². The van der Waals surface area contributed by atoms with Crippen LogP contribution in [0.5, 0.6) is 0 Å². The predicted octanol–water partition coefficient (Wildman–Crippen LogP) is 2.35. The molecule has 0 aromatic heterocycles. The molecule has 0 bridgehead atoms. The first-order valence-corrected chi connectivity index (χ1v) is 8.93. The van der Waals surface area contributed by atoms with Crippen molar-refractivity contribution in [3.63, 3.8) is 0 Å². The average molecular weight is 383 g/mol. The number of alkyl halides is 2. The van der Waals surface area contributed by atoms with Gasteiger partial charge in [0.15, 0.2) is 0 Å². The van der Waals surface area contributed by atoms with Crippen molar-refractivity contribution in [2.24, 2.45) is 11.5 Å². The van der Waals surface area contributed by atoms with Crippen LogP contribution in [-0.2, 0) is 6.42 Å². The zero-order chi connectivity index (χ0) is 19.5. The molecule has 2 rings (SSSR count). The second-order valence-electron chi connectivity index (χ2n) is 6.49. The van der Waals surface area contributed by atoms with Crippen molar-refractivity contribution in [3.8, 4) is 11.1 Å². The van der Waals surface area contributed by atoms with Crippen LogP contribution >= 0.6 is 9.24 Å². The molecule has 5 N–H and O–H groups in total. The Morgan fingerprint density at radius 1 is 1.23 bits per heavy atom. The van der Waals surface area contributed by atoms with Crippen LogP contribution in [0.3, 0.4) is 0 Å². The highest BCUT2D eigenvalue weighted by atomic mass is 31.0. The number of rotatable bonds is 7. The first-order chi connectivity index (χ1) is 12.2. The number of aryl methyl sites for hydroxylation is 1. The first kappa shape index (κ1) is 20.8. The van der Waals surface area contributed by atoms with E-state index in [0.717, 1.165) is 27.6 Å². The number of likely N-dealkylation sites (N-methyl/N-ethyl adjacent to an activating group) is 1. The van der Waals surface area contributed by atoms with Crippen molar-refractivity contribution < 1.29 is 13.2 Å². The summed E-state index contributed by atoms with van der Waals surface area (Å²) >= 11 is 0. The molecule has 3 unspecified atom stereocenters. The third-order valence-corrected chi connectivity index (χ3v) is 5.24. The minimum Gasteiger partial charge on any atom is -0.325 e. The van der Waals surface area contributed by atoms with Crippen LogP contribution in [0.15, 0.2) is 36.4 Å². The SMILES string of the molecule is CNC(Cc1cccc(-c2cc(C)cc(F)c2)c1P)C(N)C(F)(F)CN. The van der Waals surface area contributed by atoms with Crippen molar-refractivity contribution >= 4 is 14.5 Å². The van der Waals surface area contributed by atoms with Crippen LogP contribution in [0.4, 0.5) is 13.2 Å². The molecule has 3 nitrogen and oxygen atoms in total. The van der Waals surface area contributed by atoms with Crippen LogP contribution in [0.25, 0.3) is 11.1 Å². The zero-order valence-corrected chi connectivity index (χ0v) is 16.1. The smallest absolute Gasteiger partial charge is 0.276 e. The highest BCUT2D eigenvalue weighted by Crippen LogP contribution is 2.25. The molecule has 142 valence electrons. The molecule has 0 spiro atoms. The van der Waals surface area contributed by atoms with Crippen LogP contribution in [0.2, 0.25) is 0 Å². The molecule has 3 atom stereocenters. The standard InChI is InChI=1S/C19H25F3N3P/c1-11-6-13(8-14(20)7-11)15-5-3-4-12(17(15)26)9-16(25-2)18(24)19(21,22)10-23/h3-8,16,18,25H,9-10,23-24,26H2,1-2H3. The molecule has 2 aromatic carbocycles. The normalized spacial score (nSPS) is 14.3. The molecule has 0 aliphatic carbocycles. The first-order valence-electron chi connectivity index (χ1n) is 8.35. The van der Waals surface area contributed by atoms with Crippen LogP contribution in [-0.4, -0.2) is 31.6 Å². The fraction of sp³-hybridized carbons (Fsp3) is 0.368. The fourth-order valence-corrected chi connectivity index (χ4v) is 3.49. The fourth-order valence-electron chi connectivity index (χ4n) is 3.01. The Hall–Kier alpha value is -1.46. The Labute approximate surface area is 154 Å². The summed E-state index contributed by atoms with van der Waals surface area (Å²) in [4.78, 5) is 0. The van der Waals surface area contributed by atoms with Gasteiger partial charge in [0, 0.05) is 6.04 Å². The maximum Gasteiger partial charge on any atom is 0.276 e. The zero-order valence-electron chi connectivity index (χ0n) is 14.9. The largest absolute Gasteiger partial charge is 0.325 e. The molecule has 0 aliphatic rings. The summed E-state index contributed by atoms with van der Waals surface area (Å²) in [6.45, 7) is 1.02. The van der Waals surface area contributed by atoms with E-state index in [-0.39, 0.29) is 5.82 Å². The van der Waals surface area contributed by atoms with Gasteiger partial charge in [0.25, 0.3) is 5.92 Å². The predicted molar refractivity (Wildman–Crippen MR) is 104 cm³/mol. The van der Waals surface area contributed by atoms with Gasteiger partial charge in [-0.3, -0.25) is 0 Å². The van der Waals surface area contributed by atoms with E-state index in [1.807, 2.05) is 31.2 Å². The van der Waals surface area contributed by atoms with E-state index >= 15 is 0 Å². The minimum absolute atomic E-state index is 0.300. The van der Waals surface area contributed by atoms with Crippen molar-refractivity contribution in [2.75, 3.05) is 13.6 Å². The topological polar surface area (TPSA) is 64.1 Å². The maximum absolute atomic E-state index is 13.9. The molecule has 0 heterocycles. The molecule has 0 saturated heterocycles. The Morgan fingerprint density at radius 2 is 1.92 bits per heavy atom. The number of benzene rings is 2. The lowest BCUT2D eigenvalue weighted by Gasteiger charge is -2.30. The van der Waals surface area contributed by atoms with E-state index in [2.05, 4.69) is 14.6 Å². The van der Waals surface area contributed by atoms with Gasteiger partial charge in [-0.25, -0.2) is 13.2 Å². The maximum atomic E-state index is 13.9. The van der Waals surface area contributed by atoms with E-state index in [1.165, 1.54) is 12.1 Å². The summed E-state index contributed by atoms with van der Waals surface area (Å²) in [5.74, 6) is -3.47. The third-order valence-electron chi connectivity index (χ3n) is 4.55. The van der Waals surface area contributed by atoms with Gasteiger partial charge in [-0.1, -0.05) is 24.3 Å². The Kier molecular flexibility index (Phi) is 6.80. The third kappa shape index (κ3) is 4.63. The van der Waals surface area contributed by atoms with Crippen LogP contribution in [0, 0.1) is 12.7 Å². The molecular formula is C19H25F3N3P. The molecular weight excluding hydrogens is 358 g/mol. The lowest BCUT2D eigenvalue weighted by atomic mass is 9.93. The molecule has 0 amide bonds. The lowest BCUT2D eigenvalue weighted by Crippen LogP contribution is -2.58. The van der Waals surface area contributed by atoms with Crippen LogP contribution in [0.1, 0.15) is 11.1 Å². The van der Waals surface area contributed by atoms with Crippen molar-refractivity contribution in [2.45, 2.75) is 31.4 Å². The van der Waals surface area contributed by atoms with E-state index in [9.17, 15) is 13.2 Å². The summed E-state index contributed by atoms with van der Waals surface area (Å²) in [5.41, 5.74) is 14.1. The minimum atomic E-state index is -3.16. The molecule has 0 fully saturated rings. The molecule has 0 radical (unpaired) electrons. The van der Waals surface area contributed by atoms with Gasteiger partial charge in [-0.05, 0) is 60.1 Å². The Bertz CT molecular complexity index is 747.